The van der Waals surface area contributed by atoms with E-state index in [9.17, 15) is 23.2 Å². The minimum absolute atomic E-state index is 0.246. The Morgan fingerprint density at radius 3 is 2.26 bits per heavy atom. The Labute approximate surface area is 178 Å². The predicted octanol–water partition coefficient (Wildman–Crippen LogP) is 3.30. The number of hydrogen-bond acceptors (Lipinski definition) is 5. The van der Waals surface area contributed by atoms with Crippen LogP contribution in [0.25, 0.3) is 0 Å². The SMILES string of the molecule is CCOc1ccccc1C(=O)N[C@H](C(=O)OCC(=O)Nc1c(F)cccc1F)C(C)C. The molecule has 31 heavy (non-hydrogen) atoms. The van der Waals surface area contributed by atoms with Crippen LogP contribution in [0.15, 0.2) is 42.5 Å². The molecule has 2 rings (SSSR count). The molecule has 1 atom stereocenters. The van der Waals surface area contributed by atoms with Gasteiger partial charge in [-0.15, -0.1) is 0 Å². The Balaban J connectivity index is 2.01. The van der Waals surface area contributed by atoms with Gasteiger partial charge in [-0.3, -0.25) is 9.59 Å². The molecule has 0 aliphatic rings. The van der Waals surface area contributed by atoms with Crippen molar-refractivity contribution in [1.29, 1.82) is 0 Å². The minimum atomic E-state index is -1.06. The molecule has 0 radical (unpaired) electrons. The van der Waals surface area contributed by atoms with Crippen LogP contribution in [0.2, 0.25) is 0 Å². The number of halogens is 2. The Hall–Kier alpha value is -3.49. The number of carbonyl (C=O) groups is 3. The molecule has 166 valence electrons. The van der Waals surface area contributed by atoms with Gasteiger partial charge >= 0.3 is 5.97 Å². The van der Waals surface area contributed by atoms with E-state index in [0.29, 0.717) is 12.4 Å². The van der Waals surface area contributed by atoms with Crippen molar-refractivity contribution in [1.82, 2.24) is 5.32 Å². The second-order valence-electron chi connectivity index (χ2n) is 6.88. The molecule has 0 unspecified atom stereocenters. The number of carbonyl (C=O) groups excluding carboxylic acids is 3. The van der Waals surface area contributed by atoms with Crippen molar-refractivity contribution >= 4 is 23.5 Å². The molecule has 0 heterocycles. The third-order valence-corrected chi connectivity index (χ3v) is 4.21. The van der Waals surface area contributed by atoms with Gasteiger partial charge < -0.3 is 20.1 Å². The van der Waals surface area contributed by atoms with Gasteiger partial charge in [0.25, 0.3) is 11.8 Å². The highest BCUT2D eigenvalue weighted by Gasteiger charge is 2.28. The average Bonchev–Trinajstić information content (AvgIpc) is 2.73. The summed E-state index contributed by atoms with van der Waals surface area (Å²) in [5.41, 5.74) is -0.389. The standard InChI is InChI=1S/C22H24F2N2O5/c1-4-30-17-11-6-5-8-14(17)21(28)26-19(13(2)3)22(29)31-12-18(27)25-20-15(23)9-7-10-16(20)24/h5-11,13,19H,4,12H2,1-3H3,(H,25,27)(H,26,28)/t19-/m0/s1. The molecule has 2 N–H and O–H groups in total. The van der Waals surface area contributed by atoms with Crippen LogP contribution in [0.5, 0.6) is 5.75 Å². The van der Waals surface area contributed by atoms with Crippen LogP contribution in [0.3, 0.4) is 0 Å². The zero-order valence-electron chi connectivity index (χ0n) is 17.4. The van der Waals surface area contributed by atoms with Gasteiger partial charge in [0.1, 0.15) is 29.1 Å². The third kappa shape index (κ3) is 6.50. The van der Waals surface area contributed by atoms with E-state index in [-0.39, 0.29) is 11.5 Å². The molecule has 2 amide bonds. The molecule has 0 aliphatic heterocycles. The summed E-state index contributed by atoms with van der Waals surface area (Å²) in [7, 11) is 0. The Morgan fingerprint density at radius 1 is 1.00 bits per heavy atom. The number of benzene rings is 2. The van der Waals surface area contributed by atoms with Crippen molar-refractivity contribution in [3.8, 4) is 5.75 Å². The Morgan fingerprint density at radius 2 is 1.65 bits per heavy atom. The van der Waals surface area contributed by atoms with Crippen molar-refractivity contribution < 1.29 is 32.6 Å². The van der Waals surface area contributed by atoms with Crippen LogP contribution >= 0.6 is 0 Å². The normalized spacial score (nSPS) is 11.5. The van der Waals surface area contributed by atoms with Gasteiger partial charge in [0.15, 0.2) is 6.61 Å². The summed E-state index contributed by atoms with van der Waals surface area (Å²) in [5.74, 6) is -4.24. The lowest BCUT2D eigenvalue weighted by atomic mass is 10.0. The van der Waals surface area contributed by atoms with Crippen LogP contribution in [0, 0.1) is 17.6 Å². The van der Waals surface area contributed by atoms with Gasteiger partial charge in [0, 0.05) is 0 Å². The molecule has 0 saturated heterocycles. The molecule has 0 spiro atoms. The average molecular weight is 434 g/mol. The highest BCUT2D eigenvalue weighted by molar-refractivity contribution is 5.99. The van der Waals surface area contributed by atoms with Gasteiger partial charge in [-0.2, -0.15) is 0 Å². The fraction of sp³-hybridized carbons (Fsp3) is 0.318. The predicted molar refractivity (Wildman–Crippen MR) is 110 cm³/mol. The van der Waals surface area contributed by atoms with E-state index in [1.54, 1.807) is 45.0 Å². The number of nitrogens with one attached hydrogen (secondary N) is 2. The number of para-hydroxylation sites is 2. The van der Waals surface area contributed by atoms with Crippen molar-refractivity contribution in [3.05, 3.63) is 59.7 Å². The maximum absolute atomic E-state index is 13.6. The fourth-order valence-electron chi connectivity index (χ4n) is 2.67. The number of esters is 1. The van der Waals surface area contributed by atoms with E-state index < -0.39 is 47.8 Å². The lowest BCUT2D eigenvalue weighted by Gasteiger charge is -2.21. The molecule has 0 fully saturated rings. The number of ether oxygens (including phenoxy) is 2. The van der Waals surface area contributed by atoms with E-state index in [0.717, 1.165) is 18.2 Å². The molecular weight excluding hydrogens is 410 g/mol. The van der Waals surface area contributed by atoms with Crippen molar-refractivity contribution in [2.24, 2.45) is 5.92 Å². The van der Waals surface area contributed by atoms with Crippen LogP contribution in [-0.2, 0) is 14.3 Å². The van der Waals surface area contributed by atoms with Gasteiger partial charge in [0.05, 0.1) is 12.2 Å². The maximum atomic E-state index is 13.6. The van der Waals surface area contributed by atoms with Gasteiger partial charge in [-0.25, -0.2) is 13.6 Å². The Kier molecular flexibility index (Phi) is 8.48. The van der Waals surface area contributed by atoms with Gasteiger partial charge in [-0.05, 0) is 37.1 Å². The molecule has 0 saturated carbocycles. The van der Waals surface area contributed by atoms with Crippen LogP contribution in [0.4, 0.5) is 14.5 Å². The van der Waals surface area contributed by atoms with E-state index >= 15 is 0 Å². The maximum Gasteiger partial charge on any atom is 0.329 e. The van der Waals surface area contributed by atoms with Crippen molar-refractivity contribution in [3.63, 3.8) is 0 Å². The van der Waals surface area contributed by atoms with Crippen LogP contribution < -0.4 is 15.4 Å². The first-order chi connectivity index (χ1) is 14.7. The summed E-state index contributed by atoms with van der Waals surface area (Å²) in [5, 5.41) is 4.60. The zero-order valence-corrected chi connectivity index (χ0v) is 17.4. The zero-order chi connectivity index (χ0) is 23.0. The quantitative estimate of drug-likeness (QED) is 0.591. The van der Waals surface area contributed by atoms with Crippen LogP contribution in [0.1, 0.15) is 31.1 Å². The summed E-state index contributed by atoms with van der Waals surface area (Å²) in [6.45, 7) is 4.74. The highest BCUT2D eigenvalue weighted by Crippen LogP contribution is 2.19. The number of hydrogen-bond donors (Lipinski definition) is 2. The van der Waals surface area contributed by atoms with Crippen LogP contribution in [-0.4, -0.2) is 37.0 Å². The van der Waals surface area contributed by atoms with Gasteiger partial charge in [0.2, 0.25) is 0 Å². The van der Waals surface area contributed by atoms with Crippen molar-refractivity contribution in [2.45, 2.75) is 26.8 Å². The smallest absolute Gasteiger partial charge is 0.329 e. The third-order valence-electron chi connectivity index (χ3n) is 4.21. The summed E-state index contributed by atoms with van der Waals surface area (Å²) in [4.78, 5) is 37.1. The lowest BCUT2D eigenvalue weighted by Crippen LogP contribution is -2.46. The first kappa shape index (κ1) is 23.8. The highest BCUT2D eigenvalue weighted by atomic mass is 19.1. The first-order valence-corrected chi connectivity index (χ1v) is 9.67. The monoisotopic (exact) mass is 434 g/mol. The Bertz CT molecular complexity index is 929. The number of rotatable bonds is 9. The summed E-state index contributed by atoms with van der Waals surface area (Å²) in [6, 6.07) is 8.62. The van der Waals surface area contributed by atoms with E-state index in [2.05, 4.69) is 5.32 Å². The topological polar surface area (TPSA) is 93.7 Å². The molecule has 2 aromatic carbocycles. The fourth-order valence-corrected chi connectivity index (χ4v) is 2.67. The summed E-state index contributed by atoms with van der Waals surface area (Å²) < 4.78 is 37.6. The molecule has 2 aromatic rings. The van der Waals surface area contributed by atoms with E-state index in [4.69, 9.17) is 9.47 Å². The molecule has 7 nitrogen and oxygen atoms in total. The van der Waals surface area contributed by atoms with E-state index in [1.807, 2.05) is 5.32 Å². The molecular formula is C22H24F2N2O5. The molecule has 9 heteroatoms. The largest absolute Gasteiger partial charge is 0.493 e. The summed E-state index contributed by atoms with van der Waals surface area (Å²) in [6.07, 6.45) is 0. The molecule has 0 bridgehead atoms. The van der Waals surface area contributed by atoms with E-state index in [1.165, 1.54) is 0 Å². The first-order valence-electron chi connectivity index (χ1n) is 9.67. The minimum Gasteiger partial charge on any atom is -0.493 e. The summed E-state index contributed by atoms with van der Waals surface area (Å²) >= 11 is 0. The van der Waals surface area contributed by atoms with Gasteiger partial charge in [-0.1, -0.05) is 32.0 Å². The van der Waals surface area contributed by atoms with Crippen molar-refractivity contribution in [2.75, 3.05) is 18.5 Å². The molecule has 0 aliphatic carbocycles. The molecule has 0 aromatic heterocycles. The number of anilines is 1. The second-order valence-corrected chi connectivity index (χ2v) is 6.88. The lowest BCUT2D eigenvalue weighted by molar-refractivity contribution is -0.150. The second kappa shape index (κ2) is 11.1. The number of amides is 2.